The number of hydrogen-bond donors (Lipinski definition) is 0. The Kier molecular flexibility index (Phi) is 1.15. The summed E-state index contributed by atoms with van der Waals surface area (Å²) in [6, 6.07) is 0.554. The van der Waals surface area contributed by atoms with E-state index in [0.717, 1.165) is 5.92 Å². The minimum Gasteiger partial charge on any atom is -0.290 e. The first-order chi connectivity index (χ1) is 4.47. The van der Waals surface area contributed by atoms with Crippen molar-refractivity contribution in [1.29, 1.82) is 0 Å². The van der Waals surface area contributed by atoms with Gasteiger partial charge in [0.25, 0.3) is 0 Å². The zero-order valence-electron chi connectivity index (χ0n) is 5.46. The molecule has 0 N–H and O–H groups in total. The van der Waals surface area contributed by atoms with Crippen molar-refractivity contribution in [2.45, 2.75) is 25.3 Å². The molecule has 1 heteroatoms. The van der Waals surface area contributed by atoms with E-state index < -0.39 is 0 Å². The van der Waals surface area contributed by atoms with Gasteiger partial charge in [-0.3, -0.25) is 4.99 Å². The lowest BCUT2D eigenvalue weighted by Crippen LogP contribution is -2.13. The van der Waals surface area contributed by atoms with E-state index in [4.69, 9.17) is 0 Å². The molecule has 1 nitrogen and oxygen atoms in total. The molecule has 0 amide bonds. The number of hydrogen-bond acceptors (Lipinski definition) is 1. The zero-order chi connectivity index (χ0) is 6.10. The second kappa shape index (κ2) is 1.98. The van der Waals surface area contributed by atoms with E-state index in [0.29, 0.717) is 6.04 Å². The van der Waals surface area contributed by atoms with Crippen LogP contribution in [0.5, 0.6) is 0 Å². The third-order valence-corrected chi connectivity index (χ3v) is 2.21. The smallest absolute Gasteiger partial charge is 0.0707 e. The summed E-state index contributed by atoms with van der Waals surface area (Å²) in [5, 5.41) is 0. The summed E-state index contributed by atoms with van der Waals surface area (Å²) in [7, 11) is 0. The van der Waals surface area contributed by atoms with Gasteiger partial charge in [-0.15, -0.1) is 0 Å². The maximum absolute atomic E-state index is 4.35. The Hall–Kier alpha value is -0.590. The van der Waals surface area contributed by atoms with Crippen molar-refractivity contribution in [2.24, 2.45) is 10.9 Å². The van der Waals surface area contributed by atoms with E-state index in [9.17, 15) is 0 Å². The Morgan fingerprint density at radius 3 is 3.33 bits per heavy atom. The van der Waals surface area contributed by atoms with Crippen LogP contribution in [0.15, 0.2) is 17.1 Å². The molecule has 0 fully saturated rings. The van der Waals surface area contributed by atoms with Crippen LogP contribution in [0.25, 0.3) is 0 Å². The molecule has 2 rings (SSSR count). The number of aliphatic imine (C=N–C) groups is 1. The SMILES string of the molecule is C1=CC2N=CCC2CC1. The molecule has 48 valence electrons. The predicted molar refractivity (Wildman–Crippen MR) is 38.8 cm³/mol. The average molecular weight is 121 g/mol. The molecule has 0 radical (unpaired) electrons. The first-order valence-corrected chi connectivity index (χ1v) is 3.65. The van der Waals surface area contributed by atoms with Gasteiger partial charge in [0.1, 0.15) is 0 Å². The molecule has 0 saturated heterocycles. The highest BCUT2D eigenvalue weighted by atomic mass is 14.8. The molecule has 9 heavy (non-hydrogen) atoms. The van der Waals surface area contributed by atoms with Crippen LogP contribution < -0.4 is 0 Å². The molecule has 1 aliphatic heterocycles. The Labute approximate surface area is 55.5 Å². The third kappa shape index (κ3) is 0.805. The van der Waals surface area contributed by atoms with Gasteiger partial charge in [-0.2, -0.15) is 0 Å². The molecule has 2 aliphatic rings. The number of nitrogens with zero attached hydrogens (tertiary/aromatic N) is 1. The van der Waals surface area contributed by atoms with Crippen molar-refractivity contribution >= 4 is 6.21 Å². The van der Waals surface area contributed by atoms with Crippen molar-refractivity contribution in [1.82, 2.24) is 0 Å². The van der Waals surface area contributed by atoms with Crippen LogP contribution in [0.3, 0.4) is 0 Å². The van der Waals surface area contributed by atoms with Gasteiger partial charge in [0.05, 0.1) is 6.04 Å². The molecular weight excluding hydrogens is 110 g/mol. The van der Waals surface area contributed by atoms with E-state index in [1.54, 1.807) is 0 Å². The van der Waals surface area contributed by atoms with Gasteiger partial charge in [0.2, 0.25) is 0 Å². The van der Waals surface area contributed by atoms with E-state index >= 15 is 0 Å². The molecule has 2 unspecified atom stereocenters. The minimum absolute atomic E-state index is 0.554. The van der Waals surface area contributed by atoms with Gasteiger partial charge in [0.15, 0.2) is 0 Å². The van der Waals surface area contributed by atoms with Crippen LogP contribution in [0.2, 0.25) is 0 Å². The van der Waals surface area contributed by atoms with Gasteiger partial charge in [-0.1, -0.05) is 12.2 Å². The molecule has 1 aliphatic carbocycles. The Bertz CT molecular complexity index is 158. The first-order valence-electron chi connectivity index (χ1n) is 3.65. The van der Waals surface area contributed by atoms with E-state index in [1.807, 2.05) is 0 Å². The van der Waals surface area contributed by atoms with E-state index in [1.165, 1.54) is 19.3 Å². The summed E-state index contributed by atoms with van der Waals surface area (Å²) in [6.07, 6.45) is 10.4. The third-order valence-electron chi connectivity index (χ3n) is 2.21. The van der Waals surface area contributed by atoms with Gasteiger partial charge < -0.3 is 0 Å². The first kappa shape index (κ1) is 5.21. The summed E-state index contributed by atoms with van der Waals surface area (Å²) in [6.45, 7) is 0. The summed E-state index contributed by atoms with van der Waals surface area (Å²) in [5.74, 6) is 0.856. The second-order valence-electron chi connectivity index (χ2n) is 2.82. The summed E-state index contributed by atoms with van der Waals surface area (Å²) >= 11 is 0. The maximum Gasteiger partial charge on any atom is 0.0707 e. The van der Waals surface area contributed by atoms with Gasteiger partial charge in [-0.05, 0) is 31.4 Å². The molecule has 0 aromatic carbocycles. The van der Waals surface area contributed by atoms with Crippen molar-refractivity contribution < 1.29 is 0 Å². The fourth-order valence-electron chi connectivity index (χ4n) is 1.62. The molecule has 0 bridgehead atoms. The number of rotatable bonds is 0. The normalized spacial score (nSPS) is 39.1. The van der Waals surface area contributed by atoms with Crippen molar-refractivity contribution in [2.75, 3.05) is 0 Å². The lowest BCUT2D eigenvalue weighted by Gasteiger charge is -2.17. The second-order valence-corrected chi connectivity index (χ2v) is 2.82. The van der Waals surface area contributed by atoms with E-state index in [2.05, 4.69) is 23.4 Å². The Morgan fingerprint density at radius 2 is 2.44 bits per heavy atom. The Balaban J connectivity index is 2.17. The van der Waals surface area contributed by atoms with Crippen LogP contribution in [-0.2, 0) is 0 Å². The summed E-state index contributed by atoms with van der Waals surface area (Å²) in [4.78, 5) is 4.35. The van der Waals surface area contributed by atoms with Crippen LogP contribution in [0.1, 0.15) is 19.3 Å². The van der Waals surface area contributed by atoms with Crippen molar-refractivity contribution in [3.8, 4) is 0 Å². The van der Waals surface area contributed by atoms with Crippen LogP contribution in [0.4, 0.5) is 0 Å². The average Bonchev–Trinajstić information content (AvgIpc) is 2.33. The predicted octanol–water partition coefficient (Wildman–Crippen LogP) is 1.80. The van der Waals surface area contributed by atoms with Crippen LogP contribution >= 0.6 is 0 Å². The molecule has 0 aromatic heterocycles. The maximum atomic E-state index is 4.35. The number of allylic oxidation sites excluding steroid dienone is 1. The fourth-order valence-corrected chi connectivity index (χ4v) is 1.62. The van der Waals surface area contributed by atoms with Gasteiger partial charge in [-0.25, -0.2) is 0 Å². The highest BCUT2D eigenvalue weighted by molar-refractivity contribution is 5.61. The van der Waals surface area contributed by atoms with Crippen molar-refractivity contribution in [3.05, 3.63) is 12.2 Å². The zero-order valence-corrected chi connectivity index (χ0v) is 5.46. The molecule has 0 spiro atoms. The summed E-state index contributed by atoms with van der Waals surface area (Å²) in [5.41, 5.74) is 0. The monoisotopic (exact) mass is 121 g/mol. The fraction of sp³-hybridized carbons (Fsp3) is 0.625. The Morgan fingerprint density at radius 1 is 1.44 bits per heavy atom. The van der Waals surface area contributed by atoms with Gasteiger partial charge in [0, 0.05) is 0 Å². The molecule has 0 aromatic rings. The molecule has 2 atom stereocenters. The van der Waals surface area contributed by atoms with E-state index in [-0.39, 0.29) is 0 Å². The van der Waals surface area contributed by atoms with Gasteiger partial charge >= 0.3 is 0 Å². The standard InChI is InChI=1S/C8H11N/c1-2-4-8-7(3-1)5-6-9-8/h2,4,6-8H,1,3,5H2. The minimum atomic E-state index is 0.554. The lowest BCUT2D eigenvalue weighted by molar-refractivity contribution is 0.471. The topological polar surface area (TPSA) is 12.4 Å². The van der Waals surface area contributed by atoms with Crippen LogP contribution in [0, 0.1) is 5.92 Å². The lowest BCUT2D eigenvalue weighted by atomic mass is 9.90. The molecule has 0 saturated carbocycles. The highest BCUT2D eigenvalue weighted by Crippen LogP contribution is 2.27. The van der Waals surface area contributed by atoms with Crippen LogP contribution in [-0.4, -0.2) is 12.3 Å². The molecular formula is C8H11N. The van der Waals surface area contributed by atoms with Crippen molar-refractivity contribution in [3.63, 3.8) is 0 Å². The highest BCUT2D eigenvalue weighted by Gasteiger charge is 2.22. The molecule has 1 heterocycles. The summed E-state index contributed by atoms with van der Waals surface area (Å²) < 4.78 is 0. The largest absolute Gasteiger partial charge is 0.290 e. The number of fused-ring (bicyclic) bond motifs is 1. The quantitative estimate of drug-likeness (QED) is 0.433.